The average molecular weight is 464 g/mol. The Balaban J connectivity index is 0.00000256. The molecule has 4 rings (SSSR count). The zero-order chi connectivity index (χ0) is 20.1. The molecule has 3 aromatic rings. The van der Waals surface area contributed by atoms with Crippen molar-refractivity contribution in [2.45, 2.75) is 11.3 Å². The molecule has 0 saturated carbocycles. The number of hydrogen-bond acceptors (Lipinski definition) is 6. The number of ether oxygens (including phenoxy) is 1. The van der Waals surface area contributed by atoms with Crippen LogP contribution in [-0.2, 0) is 4.74 Å². The number of rotatable bonds is 7. The van der Waals surface area contributed by atoms with Crippen LogP contribution in [0.5, 0.6) is 0 Å². The molecule has 1 fully saturated rings. The van der Waals surface area contributed by atoms with Gasteiger partial charge in [0.05, 0.1) is 23.4 Å². The first-order chi connectivity index (χ1) is 14.2. The van der Waals surface area contributed by atoms with Crippen molar-refractivity contribution in [1.82, 2.24) is 9.88 Å². The number of carbonyl (C=O) groups is 1. The molecule has 0 spiro atoms. The molecule has 2 heterocycles. The fourth-order valence-corrected chi connectivity index (χ4v) is 4.90. The van der Waals surface area contributed by atoms with Gasteiger partial charge in [-0.15, -0.1) is 24.2 Å². The van der Waals surface area contributed by atoms with Crippen LogP contribution < -0.4 is 4.90 Å². The van der Waals surface area contributed by atoms with E-state index in [0.717, 1.165) is 59.5 Å². The maximum atomic E-state index is 13.4. The number of amides is 1. The fourth-order valence-electron chi connectivity index (χ4n) is 3.45. The standard InChI is InChI=1S/C22H25N3O2S2.ClH/c1-28-18-7-4-6-17(16-18)21(26)25(11-5-10-24-12-14-27-15-13-24)22-23-19-8-2-3-9-20(19)29-22;/h2-4,6-9,16H,5,10-15H2,1H3;1H. The molecule has 0 unspecified atom stereocenters. The van der Waals surface area contributed by atoms with Crippen molar-refractivity contribution in [2.75, 3.05) is 50.5 Å². The largest absolute Gasteiger partial charge is 0.379 e. The topological polar surface area (TPSA) is 45.7 Å². The smallest absolute Gasteiger partial charge is 0.260 e. The summed E-state index contributed by atoms with van der Waals surface area (Å²) in [7, 11) is 0. The van der Waals surface area contributed by atoms with Gasteiger partial charge in [0.1, 0.15) is 0 Å². The number of nitrogens with zero attached hydrogens (tertiary/aromatic N) is 3. The molecule has 1 aliphatic rings. The Morgan fingerprint density at radius 2 is 2.00 bits per heavy atom. The Morgan fingerprint density at radius 1 is 1.20 bits per heavy atom. The third-order valence-electron chi connectivity index (χ3n) is 5.04. The van der Waals surface area contributed by atoms with Crippen LogP contribution in [0, 0.1) is 0 Å². The van der Waals surface area contributed by atoms with Crippen LogP contribution in [-0.4, -0.2) is 61.4 Å². The number of anilines is 1. The monoisotopic (exact) mass is 463 g/mol. The van der Waals surface area contributed by atoms with E-state index < -0.39 is 0 Å². The third kappa shape index (κ3) is 5.53. The van der Waals surface area contributed by atoms with Crippen LogP contribution >= 0.6 is 35.5 Å². The molecule has 0 radical (unpaired) electrons. The van der Waals surface area contributed by atoms with Crippen LogP contribution in [0.15, 0.2) is 53.4 Å². The van der Waals surface area contributed by atoms with Gasteiger partial charge < -0.3 is 4.74 Å². The summed E-state index contributed by atoms with van der Waals surface area (Å²) in [4.78, 5) is 23.5. The Kier molecular flexibility index (Phi) is 8.53. The van der Waals surface area contributed by atoms with E-state index in [4.69, 9.17) is 9.72 Å². The molecular formula is C22H26ClN3O2S2. The first-order valence-corrected chi connectivity index (χ1v) is 11.9. The fraction of sp³-hybridized carbons (Fsp3) is 0.364. The first kappa shape index (κ1) is 23.0. The quantitative estimate of drug-likeness (QED) is 0.470. The second-order valence-electron chi connectivity index (χ2n) is 6.96. The predicted molar refractivity (Wildman–Crippen MR) is 129 cm³/mol. The molecule has 160 valence electrons. The van der Waals surface area contributed by atoms with Gasteiger partial charge in [0, 0.05) is 36.6 Å². The lowest BCUT2D eigenvalue weighted by atomic mass is 10.2. The van der Waals surface area contributed by atoms with Crippen molar-refractivity contribution in [3.05, 3.63) is 54.1 Å². The van der Waals surface area contributed by atoms with Crippen LogP contribution in [0.4, 0.5) is 5.13 Å². The predicted octanol–water partition coefficient (Wildman–Crippen LogP) is 4.81. The number of hydrogen-bond donors (Lipinski definition) is 0. The van der Waals surface area contributed by atoms with Crippen molar-refractivity contribution >= 4 is 56.8 Å². The van der Waals surface area contributed by atoms with Gasteiger partial charge in [-0.05, 0) is 43.0 Å². The molecular weight excluding hydrogens is 438 g/mol. The highest BCUT2D eigenvalue weighted by molar-refractivity contribution is 7.98. The number of carbonyl (C=O) groups excluding carboxylic acids is 1. The minimum Gasteiger partial charge on any atom is -0.379 e. The summed E-state index contributed by atoms with van der Waals surface area (Å²) in [5.41, 5.74) is 1.65. The van der Waals surface area contributed by atoms with Gasteiger partial charge in [0.2, 0.25) is 0 Å². The average Bonchev–Trinajstić information content (AvgIpc) is 3.21. The number of para-hydroxylation sites is 1. The number of morpholine rings is 1. The van der Waals surface area contributed by atoms with Crippen LogP contribution in [0.3, 0.4) is 0 Å². The summed E-state index contributed by atoms with van der Waals surface area (Å²) in [6.07, 6.45) is 2.93. The van der Waals surface area contributed by atoms with E-state index in [1.165, 1.54) is 0 Å². The van der Waals surface area contributed by atoms with Gasteiger partial charge in [-0.25, -0.2) is 4.98 Å². The van der Waals surface area contributed by atoms with E-state index in [0.29, 0.717) is 12.1 Å². The highest BCUT2D eigenvalue weighted by Crippen LogP contribution is 2.30. The summed E-state index contributed by atoms with van der Waals surface area (Å²) < 4.78 is 6.53. The van der Waals surface area contributed by atoms with Gasteiger partial charge in [0.15, 0.2) is 5.13 Å². The van der Waals surface area contributed by atoms with Gasteiger partial charge >= 0.3 is 0 Å². The summed E-state index contributed by atoms with van der Waals surface area (Å²) in [6, 6.07) is 15.9. The molecule has 2 aromatic carbocycles. The summed E-state index contributed by atoms with van der Waals surface area (Å²) in [5, 5.41) is 0.771. The van der Waals surface area contributed by atoms with E-state index in [2.05, 4.69) is 11.0 Å². The number of thioether (sulfide) groups is 1. The highest BCUT2D eigenvalue weighted by atomic mass is 35.5. The molecule has 0 N–H and O–H groups in total. The zero-order valence-corrected chi connectivity index (χ0v) is 19.4. The molecule has 5 nitrogen and oxygen atoms in total. The molecule has 1 amide bonds. The highest BCUT2D eigenvalue weighted by Gasteiger charge is 2.22. The summed E-state index contributed by atoms with van der Waals surface area (Å²) in [6.45, 7) is 5.13. The summed E-state index contributed by atoms with van der Waals surface area (Å²) in [5.74, 6) is 0.0157. The number of aromatic nitrogens is 1. The van der Waals surface area contributed by atoms with Crippen LogP contribution in [0.2, 0.25) is 0 Å². The Labute approximate surface area is 191 Å². The van der Waals surface area contributed by atoms with Crippen molar-refractivity contribution in [1.29, 1.82) is 0 Å². The molecule has 8 heteroatoms. The maximum absolute atomic E-state index is 13.4. The van der Waals surface area contributed by atoms with E-state index in [-0.39, 0.29) is 18.3 Å². The van der Waals surface area contributed by atoms with E-state index in [1.54, 1.807) is 23.1 Å². The molecule has 0 bridgehead atoms. The normalized spacial score (nSPS) is 14.4. The lowest BCUT2D eigenvalue weighted by molar-refractivity contribution is 0.0376. The molecule has 1 aliphatic heterocycles. The molecule has 0 atom stereocenters. The molecule has 1 saturated heterocycles. The van der Waals surface area contributed by atoms with Crippen molar-refractivity contribution in [3.8, 4) is 0 Å². The van der Waals surface area contributed by atoms with Crippen LogP contribution in [0.25, 0.3) is 10.2 Å². The lowest BCUT2D eigenvalue weighted by Crippen LogP contribution is -2.39. The molecule has 0 aliphatic carbocycles. The first-order valence-electron chi connectivity index (χ1n) is 9.86. The van der Waals surface area contributed by atoms with Gasteiger partial charge in [-0.3, -0.25) is 14.6 Å². The summed E-state index contributed by atoms with van der Waals surface area (Å²) >= 11 is 3.23. The van der Waals surface area contributed by atoms with Crippen molar-refractivity contribution in [3.63, 3.8) is 0 Å². The van der Waals surface area contributed by atoms with Crippen molar-refractivity contribution < 1.29 is 9.53 Å². The second-order valence-corrected chi connectivity index (χ2v) is 8.85. The Bertz CT molecular complexity index is 943. The number of thiazole rings is 1. The zero-order valence-electron chi connectivity index (χ0n) is 17.0. The number of fused-ring (bicyclic) bond motifs is 1. The van der Waals surface area contributed by atoms with Crippen molar-refractivity contribution in [2.24, 2.45) is 0 Å². The lowest BCUT2D eigenvalue weighted by Gasteiger charge is -2.27. The minimum absolute atomic E-state index is 0. The second kappa shape index (κ2) is 11.1. The SMILES string of the molecule is CSc1cccc(C(=O)N(CCCN2CCOCC2)c2nc3ccccc3s2)c1.Cl. The Hall–Kier alpha value is -1.64. The van der Waals surface area contributed by atoms with Gasteiger partial charge in [-0.2, -0.15) is 0 Å². The van der Waals surface area contributed by atoms with Gasteiger partial charge in [0.25, 0.3) is 5.91 Å². The molecule has 1 aromatic heterocycles. The van der Waals surface area contributed by atoms with E-state index in [9.17, 15) is 4.79 Å². The van der Waals surface area contributed by atoms with E-state index >= 15 is 0 Å². The molecule has 30 heavy (non-hydrogen) atoms. The minimum atomic E-state index is 0. The van der Waals surface area contributed by atoms with Crippen LogP contribution in [0.1, 0.15) is 16.8 Å². The number of halogens is 1. The maximum Gasteiger partial charge on any atom is 0.260 e. The third-order valence-corrected chi connectivity index (χ3v) is 6.82. The van der Waals surface area contributed by atoms with E-state index in [1.807, 2.05) is 53.6 Å². The van der Waals surface area contributed by atoms with Gasteiger partial charge in [-0.1, -0.05) is 29.5 Å². The Morgan fingerprint density at radius 3 is 2.77 bits per heavy atom. The number of benzene rings is 2.